The van der Waals surface area contributed by atoms with E-state index in [1.807, 2.05) is 31.1 Å². The molecule has 0 aliphatic rings. The van der Waals surface area contributed by atoms with Gasteiger partial charge in [0.15, 0.2) is 0 Å². The molecular weight excluding hydrogens is 250 g/mol. The molecular formula is C12H21N3O2S. The Kier molecular flexibility index (Phi) is 5.28. The summed E-state index contributed by atoms with van der Waals surface area (Å²) in [6.45, 7) is 2.79. The fourth-order valence-corrected chi connectivity index (χ4v) is 2.78. The summed E-state index contributed by atoms with van der Waals surface area (Å²) in [7, 11) is 0.474. The van der Waals surface area contributed by atoms with Gasteiger partial charge in [-0.1, -0.05) is 12.1 Å². The van der Waals surface area contributed by atoms with E-state index in [1.165, 1.54) is 0 Å². The highest BCUT2D eigenvalue weighted by molar-refractivity contribution is 7.89. The first-order valence-corrected chi connectivity index (χ1v) is 7.29. The van der Waals surface area contributed by atoms with Crippen LogP contribution in [0, 0.1) is 0 Å². The van der Waals surface area contributed by atoms with Crippen molar-refractivity contribution in [3.63, 3.8) is 0 Å². The third-order valence-electron chi connectivity index (χ3n) is 2.44. The van der Waals surface area contributed by atoms with Crippen LogP contribution in [-0.4, -0.2) is 40.0 Å². The second-order valence-corrected chi connectivity index (χ2v) is 6.35. The number of benzene rings is 1. The molecule has 0 radical (unpaired) electrons. The molecule has 18 heavy (non-hydrogen) atoms. The molecule has 1 rings (SSSR count). The molecule has 0 fully saturated rings. The molecule has 0 saturated carbocycles. The summed E-state index contributed by atoms with van der Waals surface area (Å²) in [5.41, 5.74) is 6.48. The van der Waals surface area contributed by atoms with E-state index in [0.717, 1.165) is 12.1 Å². The van der Waals surface area contributed by atoms with Crippen LogP contribution in [0.1, 0.15) is 12.5 Å². The third kappa shape index (κ3) is 4.38. The standard InChI is InChI=1S/C12H21N3O2S/c1-10(8-13)14-18(16,17)12-6-4-11(5-7-12)9-15(2)3/h4-7,10,14H,8-9,13H2,1-3H3/t10-/m0/s1. The molecule has 1 aromatic carbocycles. The van der Waals surface area contributed by atoms with E-state index in [4.69, 9.17) is 5.73 Å². The average Bonchev–Trinajstić information content (AvgIpc) is 2.28. The normalized spacial score (nSPS) is 13.8. The zero-order valence-electron chi connectivity index (χ0n) is 11.1. The van der Waals surface area contributed by atoms with E-state index in [-0.39, 0.29) is 17.5 Å². The maximum Gasteiger partial charge on any atom is 0.240 e. The van der Waals surface area contributed by atoms with Crippen LogP contribution in [0.25, 0.3) is 0 Å². The number of hydrogen-bond donors (Lipinski definition) is 2. The average molecular weight is 271 g/mol. The lowest BCUT2D eigenvalue weighted by Gasteiger charge is -2.13. The lowest BCUT2D eigenvalue weighted by Crippen LogP contribution is -2.37. The van der Waals surface area contributed by atoms with Crippen molar-refractivity contribution in [1.82, 2.24) is 9.62 Å². The molecule has 0 heterocycles. The Morgan fingerprint density at radius 1 is 1.28 bits per heavy atom. The maximum atomic E-state index is 12.0. The Morgan fingerprint density at radius 2 is 1.83 bits per heavy atom. The molecule has 1 aromatic rings. The Morgan fingerprint density at radius 3 is 2.28 bits per heavy atom. The summed E-state index contributed by atoms with van der Waals surface area (Å²) < 4.78 is 26.4. The smallest absolute Gasteiger partial charge is 0.240 e. The van der Waals surface area contributed by atoms with Gasteiger partial charge in [0, 0.05) is 19.1 Å². The minimum absolute atomic E-state index is 0.267. The summed E-state index contributed by atoms with van der Waals surface area (Å²) >= 11 is 0. The van der Waals surface area contributed by atoms with E-state index >= 15 is 0 Å². The summed E-state index contributed by atoms with van der Waals surface area (Å²) in [4.78, 5) is 2.29. The number of rotatable bonds is 6. The largest absolute Gasteiger partial charge is 0.329 e. The second-order valence-electron chi connectivity index (χ2n) is 4.64. The van der Waals surface area contributed by atoms with Gasteiger partial charge in [-0.05, 0) is 38.7 Å². The lowest BCUT2D eigenvalue weighted by molar-refractivity contribution is 0.402. The maximum absolute atomic E-state index is 12.0. The van der Waals surface area contributed by atoms with E-state index in [0.29, 0.717) is 0 Å². The predicted molar refractivity (Wildman–Crippen MR) is 72.7 cm³/mol. The van der Waals surface area contributed by atoms with Gasteiger partial charge in [0.25, 0.3) is 0 Å². The summed E-state index contributed by atoms with van der Waals surface area (Å²) in [6.07, 6.45) is 0. The molecule has 0 unspecified atom stereocenters. The quantitative estimate of drug-likeness (QED) is 0.784. The highest BCUT2D eigenvalue weighted by Gasteiger charge is 2.16. The molecule has 0 spiro atoms. The van der Waals surface area contributed by atoms with Crippen LogP contribution in [0.3, 0.4) is 0 Å². The number of nitrogens with one attached hydrogen (secondary N) is 1. The molecule has 6 heteroatoms. The minimum Gasteiger partial charge on any atom is -0.329 e. The van der Waals surface area contributed by atoms with Gasteiger partial charge in [-0.15, -0.1) is 0 Å². The highest BCUT2D eigenvalue weighted by atomic mass is 32.2. The van der Waals surface area contributed by atoms with Gasteiger partial charge in [0.2, 0.25) is 10.0 Å². The van der Waals surface area contributed by atoms with E-state index in [2.05, 4.69) is 4.72 Å². The van der Waals surface area contributed by atoms with Crippen LogP contribution in [0.4, 0.5) is 0 Å². The number of sulfonamides is 1. The number of nitrogens with two attached hydrogens (primary N) is 1. The highest BCUT2D eigenvalue weighted by Crippen LogP contribution is 2.11. The van der Waals surface area contributed by atoms with Crippen molar-refractivity contribution in [2.45, 2.75) is 24.4 Å². The van der Waals surface area contributed by atoms with Gasteiger partial charge in [-0.2, -0.15) is 0 Å². The van der Waals surface area contributed by atoms with Crippen molar-refractivity contribution in [2.75, 3.05) is 20.6 Å². The Labute approximate surface area is 109 Å². The minimum atomic E-state index is -3.46. The number of hydrogen-bond acceptors (Lipinski definition) is 4. The summed E-state index contributed by atoms with van der Waals surface area (Å²) in [5, 5.41) is 0. The molecule has 0 aliphatic heterocycles. The molecule has 0 aliphatic carbocycles. The van der Waals surface area contributed by atoms with Gasteiger partial charge in [0.1, 0.15) is 0 Å². The van der Waals surface area contributed by atoms with Crippen LogP contribution in [0.15, 0.2) is 29.2 Å². The first-order chi connectivity index (χ1) is 8.35. The molecule has 0 bridgehead atoms. The molecule has 0 aromatic heterocycles. The predicted octanol–water partition coefficient (Wildman–Crippen LogP) is 0.374. The fourth-order valence-electron chi connectivity index (χ4n) is 1.52. The van der Waals surface area contributed by atoms with Crippen LogP contribution in [0.2, 0.25) is 0 Å². The zero-order chi connectivity index (χ0) is 13.8. The molecule has 1 atom stereocenters. The third-order valence-corrected chi connectivity index (χ3v) is 4.05. The molecule has 3 N–H and O–H groups in total. The number of nitrogens with zero attached hydrogens (tertiary/aromatic N) is 1. The second kappa shape index (κ2) is 6.29. The topological polar surface area (TPSA) is 75.4 Å². The summed E-state index contributed by atoms with van der Waals surface area (Å²) in [6, 6.07) is 6.61. The first-order valence-electron chi connectivity index (χ1n) is 5.81. The van der Waals surface area contributed by atoms with Crippen molar-refractivity contribution in [3.05, 3.63) is 29.8 Å². The van der Waals surface area contributed by atoms with Gasteiger partial charge in [-0.25, -0.2) is 13.1 Å². The van der Waals surface area contributed by atoms with Crippen molar-refractivity contribution >= 4 is 10.0 Å². The van der Waals surface area contributed by atoms with Crippen molar-refractivity contribution in [1.29, 1.82) is 0 Å². The van der Waals surface area contributed by atoms with Gasteiger partial charge in [-0.3, -0.25) is 0 Å². The molecule has 0 saturated heterocycles. The molecule has 102 valence electrons. The lowest BCUT2D eigenvalue weighted by atomic mass is 10.2. The SMILES string of the molecule is C[C@@H](CN)NS(=O)(=O)c1ccc(CN(C)C)cc1. The van der Waals surface area contributed by atoms with Crippen molar-refractivity contribution in [2.24, 2.45) is 5.73 Å². The van der Waals surface area contributed by atoms with E-state index < -0.39 is 10.0 Å². The van der Waals surface area contributed by atoms with Crippen LogP contribution < -0.4 is 10.5 Å². The molecule has 0 amide bonds. The Balaban J connectivity index is 2.84. The zero-order valence-corrected chi connectivity index (χ0v) is 11.9. The van der Waals surface area contributed by atoms with Crippen LogP contribution >= 0.6 is 0 Å². The van der Waals surface area contributed by atoms with Crippen molar-refractivity contribution in [3.8, 4) is 0 Å². The van der Waals surface area contributed by atoms with E-state index in [9.17, 15) is 8.42 Å². The van der Waals surface area contributed by atoms with Gasteiger partial charge < -0.3 is 10.6 Å². The Bertz CT molecular complexity index is 469. The summed E-state index contributed by atoms with van der Waals surface area (Å²) in [5.74, 6) is 0. The Hall–Kier alpha value is -0.950. The van der Waals surface area contributed by atoms with Crippen LogP contribution in [-0.2, 0) is 16.6 Å². The van der Waals surface area contributed by atoms with Gasteiger partial charge in [0.05, 0.1) is 4.90 Å². The fraction of sp³-hybridized carbons (Fsp3) is 0.500. The monoisotopic (exact) mass is 271 g/mol. The first kappa shape index (κ1) is 15.1. The van der Waals surface area contributed by atoms with E-state index in [1.54, 1.807) is 19.1 Å². The van der Waals surface area contributed by atoms with Crippen LogP contribution in [0.5, 0.6) is 0 Å². The van der Waals surface area contributed by atoms with Crippen molar-refractivity contribution < 1.29 is 8.42 Å². The molecule has 5 nitrogen and oxygen atoms in total. The van der Waals surface area contributed by atoms with Gasteiger partial charge >= 0.3 is 0 Å².